The van der Waals surface area contributed by atoms with Crippen molar-refractivity contribution < 1.29 is 63.2 Å². The van der Waals surface area contributed by atoms with Gasteiger partial charge in [0, 0.05) is 43.1 Å². The zero-order valence-electron chi connectivity index (χ0n) is 33.5. The molecule has 0 spiro atoms. The Bertz CT molecular complexity index is 1210. The molecule has 0 aromatic heterocycles. The van der Waals surface area contributed by atoms with Crippen LogP contribution in [0.3, 0.4) is 0 Å². The van der Waals surface area contributed by atoms with E-state index in [0.29, 0.717) is 12.8 Å². The highest BCUT2D eigenvalue weighted by atomic mass is 16.7. The van der Waals surface area contributed by atoms with Crippen molar-refractivity contribution in [3.8, 4) is 0 Å². The molecule has 3 aliphatic heterocycles. The van der Waals surface area contributed by atoms with Crippen LogP contribution in [0.25, 0.3) is 0 Å². The Balaban J connectivity index is 2.15. The van der Waals surface area contributed by atoms with E-state index in [1.165, 1.54) is 20.8 Å². The van der Waals surface area contributed by atoms with Crippen molar-refractivity contribution in [2.45, 2.75) is 181 Å². The Hall–Kier alpha value is -1.75. The van der Waals surface area contributed by atoms with Crippen molar-refractivity contribution in [2.24, 2.45) is 29.6 Å². The molecule has 3 rings (SSSR count). The molecular weight excluding hydrogens is 678 g/mol. The molecule has 3 fully saturated rings. The zero-order valence-corrected chi connectivity index (χ0v) is 33.5. The zero-order chi connectivity index (χ0) is 39.6. The smallest absolute Gasteiger partial charge is 0.311 e. The van der Waals surface area contributed by atoms with Crippen LogP contribution in [-0.2, 0) is 42.8 Å². The molecule has 3 heterocycles. The molecule has 0 aromatic carbocycles. The van der Waals surface area contributed by atoms with Gasteiger partial charge in [0.15, 0.2) is 18.7 Å². The first-order valence-electron chi connectivity index (χ1n) is 18.9. The fourth-order valence-corrected chi connectivity index (χ4v) is 8.56. The summed E-state index contributed by atoms with van der Waals surface area (Å²) in [6, 6.07) is -0.325. The lowest BCUT2D eigenvalue weighted by atomic mass is 9.74. The number of carbonyl (C=O) groups excluding carboxylic acids is 3. The second-order valence-electron chi connectivity index (χ2n) is 16.6. The van der Waals surface area contributed by atoms with Crippen molar-refractivity contribution in [2.75, 3.05) is 14.1 Å². The first-order chi connectivity index (χ1) is 23.9. The summed E-state index contributed by atoms with van der Waals surface area (Å²) in [5.41, 5.74) is -3.33. The highest BCUT2D eigenvalue weighted by molar-refractivity contribution is 5.83. The average molecular weight is 746 g/mol. The largest absolute Gasteiger partial charge is 0.462 e. The Morgan fingerprint density at radius 2 is 1.46 bits per heavy atom. The van der Waals surface area contributed by atoms with Crippen LogP contribution in [0.15, 0.2) is 0 Å². The van der Waals surface area contributed by atoms with Gasteiger partial charge in [-0.1, -0.05) is 34.6 Å². The summed E-state index contributed by atoms with van der Waals surface area (Å²) >= 11 is 0. The third-order valence-electron chi connectivity index (χ3n) is 11.6. The van der Waals surface area contributed by atoms with Crippen LogP contribution in [0.5, 0.6) is 0 Å². The van der Waals surface area contributed by atoms with Crippen LogP contribution in [0.2, 0.25) is 0 Å². The predicted octanol–water partition coefficient (Wildman–Crippen LogP) is 2.59. The van der Waals surface area contributed by atoms with E-state index in [1.807, 2.05) is 32.8 Å². The van der Waals surface area contributed by atoms with E-state index in [4.69, 9.17) is 28.4 Å². The lowest BCUT2D eigenvalue weighted by Crippen LogP contribution is -2.60. The molecule has 0 radical (unpaired) electrons. The minimum Gasteiger partial charge on any atom is -0.462 e. The number of carbonyl (C=O) groups is 3. The van der Waals surface area contributed by atoms with E-state index in [2.05, 4.69) is 0 Å². The molecule has 18 unspecified atom stereocenters. The minimum absolute atomic E-state index is 0.0831. The topological polar surface area (TPSA) is 191 Å². The van der Waals surface area contributed by atoms with Gasteiger partial charge in [-0.05, 0) is 68.0 Å². The van der Waals surface area contributed by atoms with Crippen LogP contribution < -0.4 is 0 Å². The van der Waals surface area contributed by atoms with Gasteiger partial charge in [0.1, 0.15) is 23.6 Å². The second kappa shape index (κ2) is 17.8. The number of esters is 2. The molecule has 0 aliphatic carbocycles. The predicted molar refractivity (Wildman–Crippen MR) is 190 cm³/mol. The monoisotopic (exact) mass is 745 g/mol. The van der Waals surface area contributed by atoms with Crippen LogP contribution in [-0.4, -0.2) is 136 Å². The van der Waals surface area contributed by atoms with Crippen LogP contribution in [0.1, 0.15) is 102 Å². The summed E-state index contributed by atoms with van der Waals surface area (Å²) in [5, 5.41) is 46.6. The van der Waals surface area contributed by atoms with Crippen LogP contribution >= 0.6 is 0 Å². The fraction of sp³-hybridized carbons (Fsp3) is 0.921. The SMILES string of the molecule is CCC1OC(=O)C(C)C(OC2CC(C)(O)C(OC(C)=O)C(C)O2)C(C)C(OC2OC(C)CC(N(C)C)C2O)C(C)(O)CC(C)C(=O)C(C)C(O)C1C. The molecule has 18 atom stereocenters. The van der Waals surface area contributed by atoms with E-state index in [0.717, 1.165) is 0 Å². The first-order valence-corrected chi connectivity index (χ1v) is 18.9. The molecule has 14 nitrogen and oxygen atoms in total. The number of hydrogen-bond donors (Lipinski definition) is 4. The quantitative estimate of drug-likeness (QED) is 0.278. The van der Waals surface area contributed by atoms with Crippen molar-refractivity contribution >= 4 is 17.7 Å². The van der Waals surface area contributed by atoms with Gasteiger partial charge in [-0.15, -0.1) is 0 Å². The third kappa shape index (κ3) is 10.3. The van der Waals surface area contributed by atoms with E-state index in [-0.39, 0.29) is 30.8 Å². The van der Waals surface area contributed by atoms with E-state index >= 15 is 0 Å². The Morgan fingerprint density at radius 3 is 2.00 bits per heavy atom. The van der Waals surface area contributed by atoms with E-state index < -0.39 is 108 Å². The molecule has 14 heteroatoms. The van der Waals surface area contributed by atoms with Gasteiger partial charge in [0.25, 0.3) is 0 Å². The maximum absolute atomic E-state index is 14.1. The molecule has 302 valence electrons. The number of rotatable bonds is 7. The average Bonchev–Trinajstić information content (AvgIpc) is 3.04. The Kier molecular flexibility index (Phi) is 15.3. The third-order valence-corrected chi connectivity index (χ3v) is 11.6. The summed E-state index contributed by atoms with van der Waals surface area (Å²) in [6.45, 7) is 18.1. The highest BCUT2D eigenvalue weighted by Gasteiger charge is 2.52. The number of aliphatic hydroxyl groups is 4. The molecule has 0 amide bonds. The van der Waals surface area contributed by atoms with Gasteiger partial charge in [-0.3, -0.25) is 14.4 Å². The molecule has 52 heavy (non-hydrogen) atoms. The molecular formula is C38H67NO13. The maximum Gasteiger partial charge on any atom is 0.311 e. The summed E-state index contributed by atoms with van der Waals surface area (Å²) in [4.78, 5) is 41.6. The van der Waals surface area contributed by atoms with Crippen LogP contribution in [0.4, 0.5) is 0 Å². The summed E-state index contributed by atoms with van der Waals surface area (Å²) in [7, 11) is 3.69. The number of likely N-dealkylation sites (N-methyl/N-ethyl adjacent to an activating group) is 1. The van der Waals surface area contributed by atoms with Gasteiger partial charge < -0.3 is 53.7 Å². The number of ketones is 1. The summed E-state index contributed by atoms with van der Waals surface area (Å²) in [6.07, 6.45) is -8.92. The van der Waals surface area contributed by atoms with Crippen molar-refractivity contribution in [1.82, 2.24) is 4.90 Å². The number of aliphatic hydroxyl groups excluding tert-OH is 2. The molecule has 0 saturated carbocycles. The Morgan fingerprint density at radius 1 is 0.865 bits per heavy atom. The summed E-state index contributed by atoms with van der Waals surface area (Å²) < 4.78 is 36.9. The van der Waals surface area contributed by atoms with E-state index in [9.17, 15) is 34.8 Å². The number of ether oxygens (including phenoxy) is 6. The molecule has 0 bridgehead atoms. The fourth-order valence-electron chi connectivity index (χ4n) is 8.56. The minimum atomic E-state index is -1.77. The number of cyclic esters (lactones) is 1. The second-order valence-corrected chi connectivity index (χ2v) is 16.6. The van der Waals surface area contributed by atoms with Gasteiger partial charge in [0.05, 0.1) is 42.0 Å². The number of Topliss-reactive ketones (excluding diaryl/α,β-unsaturated/α-hetero) is 1. The first kappa shape index (κ1) is 44.6. The summed E-state index contributed by atoms with van der Waals surface area (Å²) in [5.74, 6) is -5.47. The van der Waals surface area contributed by atoms with Crippen molar-refractivity contribution in [3.63, 3.8) is 0 Å². The lowest BCUT2D eigenvalue weighted by molar-refractivity contribution is -0.317. The Labute approximate surface area is 309 Å². The maximum atomic E-state index is 14.1. The molecule has 3 saturated heterocycles. The van der Waals surface area contributed by atoms with Gasteiger partial charge in [-0.2, -0.15) is 0 Å². The molecule has 3 aliphatic rings. The van der Waals surface area contributed by atoms with Crippen molar-refractivity contribution in [1.29, 1.82) is 0 Å². The van der Waals surface area contributed by atoms with Gasteiger partial charge >= 0.3 is 11.9 Å². The number of hydrogen-bond acceptors (Lipinski definition) is 14. The highest BCUT2D eigenvalue weighted by Crippen LogP contribution is 2.40. The lowest BCUT2D eigenvalue weighted by Gasteiger charge is -2.48. The van der Waals surface area contributed by atoms with Gasteiger partial charge in [-0.25, -0.2) is 0 Å². The molecule has 4 N–H and O–H groups in total. The standard InChI is InChI=1S/C38H67NO13/c1-14-27-20(4)30(42)21(5)29(41)18(2)16-37(10,45)33(52-36-31(43)26(39(12)13)15-19(3)47-36)22(6)32(23(7)35(44)50-27)51-28-17-38(11,46)34(24(8)48-28)49-25(9)40/h18-24,26-28,30-34,36,42-43,45-46H,14-17H2,1-13H3. The number of nitrogens with zero attached hydrogens (tertiary/aromatic N) is 1. The van der Waals surface area contributed by atoms with Gasteiger partial charge in [0.2, 0.25) is 0 Å². The van der Waals surface area contributed by atoms with Crippen LogP contribution in [0, 0.1) is 29.6 Å². The molecule has 0 aromatic rings. The van der Waals surface area contributed by atoms with Crippen molar-refractivity contribution in [3.05, 3.63) is 0 Å². The van der Waals surface area contributed by atoms with E-state index in [1.54, 1.807) is 41.5 Å². The normalized spacial score (nSPS) is 47.4.